The zero-order valence-electron chi connectivity index (χ0n) is 12.0. The third kappa shape index (κ3) is 2.61. The Morgan fingerprint density at radius 3 is 2.86 bits per heavy atom. The van der Waals surface area contributed by atoms with Crippen molar-refractivity contribution in [2.24, 2.45) is 0 Å². The van der Waals surface area contributed by atoms with Crippen molar-refractivity contribution in [3.63, 3.8) is 0 Å². The van der Waals surface area contributed by atoms with Crippen molar-refractivity contribution in [1.82, 2.24) is 4.90 Å². The maximum Gasteiger partial charge on any atom is 0.254 e. The summed E-state index contributed by atoms with van der Waals surface area (Å²) in [7, 11) is 1.80. The van der Waals surface area contributed by atoms with Crippen molar-refractivity contribution < 1.29 is 9.53 Å². The summed E-state index contributed by atoms with van der Waals surface area (Å²) in [4.78, 5) is 13.7. The minimum absolute atomic E-state index is 0.0538. The van der Waals surface area contributed by atoms with Crippen LogP contribution in [0.5, 0.6) is 5.75 Å². The fourth-order valence-electron chi connectivity index (χ4n) is 2.56. The number of hydrogen-bond acceptors (Lipinski definition) is 2. The van der Waals surface area contributed by atoms with Crippen LogP contribution in [0.3, 0.4) is 0 Å². The van der Waals surface area contributed by atoms with Crippen molar-refractivity contribution in [1.29, 1.82) is 0 Å². The molecular weight excluding hydrogens is 286 g/mol. The van der Waals surface area contributed by atoms with E-state index >= 15 is 0 Å². The number of carbonyl (C=O) groups is 1. The molecule has 21 heavy (non-hydrogen) atoms. The molecule has 4 heteroatoms. The number of ether oxygens (including phenoxy) is 1. The minimum Gasteiger partial charge on any atom is -0.489 e. The summed E-state index contributed by atoms with van der Waals surface area (Å²) < 4.78 is 5.93. The Balaban J connectivity index is 1.82. The molecule has 0 radical (unpaired) electrons. The normalized spacial score (nSPS) is 13.5. The van der Waals surface area contributed by atoms with Crippen molar-refractivity contribution in [3.8, 4) is 5.75 Å². The van der Waals surface area contributed by atoms with E-state index in [2.05, 4.69) is 0 Å². The molecule has 3 nitrogen and oxygen atoms in total. The molecule has 0 saturated carbocycles. The maximum absolute atomic E-state index is 12.0. The molecule has 0 aliphatic carbocycles. The molecule has 0 fully saturated rings. The van der Waals surface area contributed by atoms with Gasteiger partial charge in [-0.05, 0) is 42.3 Å². The van der Waals surface area contributed by atoms with E-state index in [9.17, 15) is 4.79 Å². The first kappa shape index (κ1) is 14.0. The summed E-state index contributed by atoms with van der Waals surface area (Å²) in [6.45, 7) is 3.08. The Kier molecular flexibility index (Phi) is 3.60. The topological polar surface area (TPSA) is 29.5 Å². The molecule has 3 rings (SSSR count). The average molecular weight is 302 g/mol. The second-order valence-corrected chi connectivity index (χ2v) is 5.74. The highest BCUT2D eigenvalue weighted by Crippen LogP contribution is 2.30. The number of aryl methyl sites for hydroxylation is 1. The van der Waals surface area contributed by atoms with E-state index < -0.39 is 0 Å². The average Bonchev–Trinajstić information content (AvgIpc) is 2.74. The van der Waals surface area contributed by atoms with Gasteiger partial charge in [0, 0.05) is 23.2 Å². The summed E-state index contributed by atoms with van der Waals surface area (Å²) in [5.41, 5.74) is 3.90. The molecule has 2 aromatic carbocycles. The van der Waals surface area contributed by atoms with Crippen LogP contribution in [0.1, 0.15) is 27.0 Å². The van der Waals surface area contributed by atoms with Gasteiger partial charge in [0.1, 0.15) is 12.4 Å². The summed E-state index contributed by atoms with van der Waals surface area (Å²) in [5, 5.41) is 0.726. The van der Waals surface area contributed by atoms with Crippen LogP contribution in [0.25, 0.3) is 0 Å². The summed E-state index contributed by atoms with van der Waals surface area (Å²) in [6.07, 6.45) is 0. The Morgan fingerprint density at radius 1 is 1.29 bits per heavy atom. The smallest absolute Gasteiger partial charge is 0.254 e. The monoisotopic (exact) mass is 301 g/mol. The van der Waals surface area contributed by atoms with E-state index in [0.717, 1.165) is 33.0 Å². The predicted octanol–water partition coefficient (Wildman–Crippen LogP) is 3.81. The van der Waals surface area contributed by atoms with Gasteiger partial charge < -0.3 is 9.64 Å². The van der Waals surface area contributed by atoms with Gasteiger partial charge in [-0.3, -0.25) is 4.79 Å². The van der Waals surface area contributed by atoms with E-state index in [0.29, 0.717) is 13.2 Å². The second kappa shape index (κ2) is 5.41. The lowest BCUT2D eigenvalue weighted by Crippen LogP contribution is -2.17. The molecule has 0 saturated heterocycles. The molecular formula is C17H16ClNO2. The van der Waals surface area contributed by atoms with Crippen LogP contribution in [0.2, 0.25) is 5.02 Å². The van der Waals surface area contributed by atoms with E-state index in [-0.39, 0.29) is 5.91 Å². The molecule has 1 aliphatic heterocycles. The van der Waals surface area contributed by atoms with Gasteiger partial charge in [0.05, 0.1) is 6.54 Å². The molecule has 108 valence electrons. The number of carbonyl (C=O) groups excluding carboxylic acids is 1. The van der Waals surface area contributed by atoms with Gasteiger partial charge in [0.15, 0.2) is 0 Å². The highest BCUT2D eigenvalue weighted by Gasteiger charge is 2.27. The lowest BCUT2D eigenvalue weighted by Gasteiger charge is -2.12. The van der Waals surface area contributed by atoms with Gasteiger partial charge in [-0.15, -0.1) is 0 Å². The Hall–Kier alpha value is -2.00. The van der Waals surface area contributed by atoms with Gasteiger partial charge in [0.2, 0.25) is 0 Å². The Labute approximate surface area is 129 Å². The first-order valence-electron chi connectivity index (χ1n) is 6.81. The third-order valence-electron chi connectivity index (χ3n) is 3.79. The number of halogens is 1. The SMILES string of the molecule is Cc1cc(Cl)ccc1COc1cccc2c1CN(C)C2=O. The van der Waals surface area contributed by atoms with Crippen molar-refractivity contribution in [3.05, 3.63) is 63.7 Å². The van der Waals surface area contributed by atoms with Crippen molar-refractivity contribution in [2.75, 3.05) is 7.05 Å². The van der Waals surface area contributed by atoms with Crippen molar-refractivity contribution in [2.45, 2.75) is 20.1 Å². The first-order chi connectivity index (χ1) is 10.1. The summed E-state index contributed by atoms with van der Waals surface area (Å²) in [6, 6.07) is 11.4. The third-order valence-corrected chi connectivity index (χ3v) is 4.03. The molecule has 0 spiro atoms. The molecule has 0 unspecified atom stereocenters. The molecule has 0 N–H and O–H groups in total. The molecule has 0 atom stereocenters. The van der Waals surface area contributed by atoms with Crippen LogP contribution in [0, 0.1) is 6.92 Å². The van der Waals surface area contributed by atoms with Gasteiger partial charge in [-0.1, -0.05) is 23.7 Å². The quantitative estimate of drug-likeness (QED) is 0.862. The molecule has 1 heterocycles. The number of amides is 1. The Bertz CT molecular complexity index is 712. The van der Waals surface area contributed by atoms with Crippen LogP contribution >= 0.6 is 11.6 Å². The lowest BCUT2D eigenvalue weighted by atomic mass is 10.1. The maximum atomic E-state index is 12.0. The zero-order chi connectivity index (χ0) is 15.0. The van der Waals surface area contributed by atoms with Gasteiger partial charge in [-0.25, -0.2) is 0 Å². The second-order valence-electron chi connectivity index (χ2n) is 5.30. The summed E-state index contributed by atoms with van der Waals surface area (Å²) >= 11 is 5.96. The lowest BCUT2D eigenvalue weighted by molar-refractivity contribution is 0.0816. The van der Waals surface area contributed by atoms with Crippen LogP contribution in [0.15, 0.2) is 36.4 Å². The molecule has 1 aliphatic rings. The molecule has 1 amide bonds. The van der Waals surface area contributed by atoms with Crippen LogP contribution in [0.4, 0.5) is 0 Å². The number of hydrogen-bond donors (Lipinski definition) is 0. The number of benzene rings is 2. The Morgan fingerprint density at radius 2 is 2.10 bits per heavy atom. The highest BCUT2D eigenvalue weighted by molar-refractivity contribution is 6.30. The number of nitrogens with zero attached hydrogens (tertiary/aromatic N) is 1. The van der Waals surface area contributed by atoms with E-state index in [1.807, 2.05) is 43.3 Å². The fraction of sp³-hybridized carbons (Fsp3) is 0.235. The van der Waals surface area contributed by atoms with Crippen LogP contribution in [-0.4, -0.2) is 17.9 Å². The fourth-order valence-corrected chi connectivity index (χ4v) is 2.78. The van der Waals surface area contributed by atoms with Crippen molar-refractivity contribution >= 4 is 17.5 Å². The van der Waals surface area contributed by atoms with E-state index in [1.165, 1.54) is 0 Å². The van der Waals surface area contributed by atoms with Gasteiger partial charge >= 0.3 is 0 Å². The minimum atomic E-state index is 0.0538. The number of rotatable bonds is 3. The van der Waals surface area contributed by atoms with Gasteiger partial charge in [-0.2, -0.15) is 0 Å². The largest absolute Gasteiger partial charge is 0.489 e. The molecule has 0 bridgehead atoms. The molecule has 0 aromatic heterocycles. The van der Waals surface area contributed by atoms with Crippen LogP contribution < -0.4 is 4.74 Å². The predicted molar refractivity (Wildman–Crippen MR) is 82.8 cm³/mol. The van der Waals surface area contributed by atoms with E-state index in [4.69, 9.17) is 16.3 Å². The number of fused-ring (bicyclic) bond motifs is 1. The van der Waals surface area contributed by atoms with E-state index in [1.54, 1.807) is 11.9 Å². The van der Waals surface area contributed by atoms with Gasteiger partial charge in [0.25, 0.3) is 5.91 Å². The highest BCUT2D eigenvalue weighted by atomic mass is 35.5. The first-order valence-corrected chi connectivity index (χ1v) is 7.19. The standard InChI is InChI=1S/C17H16ClNO2/c1-11-8-13(18)7-6-12(11)10-21-16-5-3-4-14-15(16)9-19(2)17(14)20/h3-8H,9-10H2,1-2H3. The molecule has 2 aromatic rings. The van der Waals surface area contributed by atoms with Crippen LogP contribution in [-0.2, 0) is 13.2 Å². The zero-order valence-corrected chi connectivity index (χ0v) is 12.8. The summed E-state index contributed by atoms with van der Waals surface area (Å²) in [5.74, 6) is 0.831.